The zero-order chi connectivity index (χ0) is 19.7. The molecule has 1 aliphatic rings. The van der Waals surface area contributed by atoms with Crippen LogP contribution in [0.4, 0.5) is 0 Å². The molecule has 3 heterocycles. The van der Waals surface area contributed by atoms with E-state index < -0.39 is 24.1 Å². The molecule has 0 amide bonds. The van der Waals surface area contributed by atoms with Crippen molar-refractivity contribution in [3.05, 3.63) is 58.7 Å². The third kappa shape index (κ3) is 3.52. The Hall–Kier alpha value is -2.74. The Labute approximate surface area is 161 Å². The van der Waals surface area contributed by atoms with Gasteiger partial charge in [-0.05, 0) is 18.1 Å². The molecule has 0 saturated carbocycles. The van der Waals surface area contributed by atoms with Gasteiger partial charge >= 0.3 is 5.69 Å². The second-order valence-electron chi connectivity index (χ2n) is 6.85. The number of nitrogens with zero attached hydrogens (tertiary/aromatic N) is 2. The van der Waals surface area contributed by atoms with Crippen molar-refractivity contribution in [3.8, 4) is 11.3 Å². The van der Waals surface area contributed by atoms with Crippen molar-refractivity contribution in [1.82, 2.24) is 9.55 Å². The van der Waals surface area contributed by atoms with E-state index >= 15 is 0 Å². The van der Waals surface area contributed by atoms with Crippen molar-refractivity contribution in [1.29, 1.82) is 0 Å². The minimum absolute atomic E-state index is 0.218. The first-order valence-electron chi connectivity index (χ1n) is 9.33. The predicted octanol–water partition coefficient (Wildman–Crippen LogP) is 2.72. The summed E-state index contributed by atoms with van der Waals surface area (Å²) in [5.74, 6) is 0.617. The standard InChI is InChI=1S/C21H22N2O5/c1-2-3-4-13-5-7-14(8-6-13)17-9-15-11-23(21(26)22-20(15)28-17)19-10-16(25)18(12-24)27-19/h3-9,11,16,18-19,24-25H,2,10,12H2,1H3/b4-3+/t16-,18+,19+/m0/s1. The van der Waals surface area contributed by atoms with Crippen LogP contribution < -0.4 is 5.69 Å². The molecular formula is C21H22N2O5. The Morgan fingerprint density at radius 1 is 1.32 bits per heavy atom. The number of aromatic nitrogens is 2. The number of rotatable bonds is 5. The van der Waals surface area contributed by atoms with E-state index in [1.807, 2.05) is 30.3 Å². The van der Waals surface area contributed by atoms with E-state index in [-0.39, 0.29) is 18.7 Å². The van der Waals surface area contributed by atoms with E-state index in [0.717, 1.165) is 17.5 Å². The van der Waals surface area contributed by atoms with Crippen molar-refractivity contribution < 1.29 is 19.4 Å². The molecule has 7 heteroatoms. The summed E-state index contributed by atoms with van der Waals surface area (Å²) in [6, 6.07) is 9.75. The maximum atomic E-state index is 12.4. The molecule has 2 N–H and O–H groups in total. The highest BCUT2D eigenvalue weighted by Gasteiger charge is 2.35. The molecular weight excluding hydrogens is 360 g/mol. The van der Waals surface area contributed by atoms with Gasteiger partial charge < -0.3 is 19.4 Å². The molecule has 146 valence electrons. The summed E-state index contributed by atoms with van der Waals surface area (Å²) >= 11 is 0. The number of aliphatic hydroxyl groups is 2. The Balaban J connectivity index is 1.65. The molecule has 2 aromatic heterocycles. The maximum absolute atomic E-state index is 12.4. The first-order chi connectivity index (χ1) is 13.6. The van der Waals surface area contributed by atoms with Crippen molar-refractivity contribution in [2.45, 2.75) is 38.2 Å². The van der Waals surface area contributed by atoms with Crippen LogP contribution in [-0.4, -0.2) is 38.6 Å². The van der Waals surface area contributed by atoms with E-state index in [1.165, 1.54) is 4.57 Å². The lowest BCUT2D eigenvalue weighted by Crippen LogP contribution is -2.27. The lowest BCUT2D eigenvalue weighted by atomic mass is 10.1. The fraction of sp³-hybridized carbons (Fsp3) is 0.333. The fourth-order valence-corrected chi connectivity index (χ4v) is 3.34. The van der Waals surface area contributed by atoms with Crippen LogP contribution in [0.3, 0.4) is 0 Å². The van der Waals surface area contributed by atoms with Crippen LogP contribution in [0.5, 0.6) is 0 Å². The van der Waals surface area contributed by atoms with Gasteiger partial charge in [0.2, 0.25) is 5.71 Å². The minimum atomic E-state index is -0.821. The first-order valence-corrected chi connectivity index (χ1v) is 9.33. The zero-order valence-corrected chi connectivity index (χ0v) is 15.5. The molecule has 0 spiro atoms. The van der Waals surface area contributed by atoms with Gasteiger partial charge in [0.15, 0.2) is 0 Å². The molecule has 1 saturated heterocycles. The predicted molar refractivity (Wildman–Crippen MR) is 105 cm³/mol. The average Bonchev–Trinajstić information content (AvgIpc) is 3.28. The SMILES string of the molecule is CC/C=C/c1ccc(-c2cc3cn([C@H]4C[C@H](O)[C@@H](CO)O4)c(=O)nc3o2)cc1. The van der Waals surface area contributed by atoms with Gasteiger partial charge in [0.25, 0.3) is 0 Å². The molecule has 0 bridgehead atoms. The third-order valence-corrected chi connectivity index (χ3v) is 4.87. The molecule has 0 aliphatic carbocycles. The van der Waals surface area contributed by atoms with Gasteiger partial charge in [-0.3, -0.25) is 4.57 Å². The van der Waals surface area contributed by atoms with Crippen LogP contribution in [-0.2, 0) is 4.74 Å². The van der Waals surface area contributed by atoms with E-state index in [1.54, 1.807) is 6.20 Å². The molecule has 0 unspecified atom stereocenters. The van der Waals surface area contributed by atoms with Crippen LogP contribution >= 0.6 is 0 Å². The molecule has 0 radical (unpaired) electrons. The van der Waals surface area contributed by atoms with E-state index in [4.69, 9.17) is 9.15 Å². The molecule has 1 aliphatic heterocycles. The normalized spacial score (nSPS) is 22.5. The highest BCUT2D eigenvalue weighted by Crippen LogP contribution is 2.30. The summed E-state index contributed by atoms with van der Waals surface area (Å²) in [6.07, 6.45) is 4.79. The monoisotopic (exact) mass is 382 g/mol. The Kier molecular flexibility index (Phi) is 5.13. The second-order valence-corrected chi connectivity index (χ2v) is 6.85. The Bertz CT molecular complexity index is 1050. The third-order valence-electron chi connectivity index (χ3n) is 4.87. The van der Waals surface area contributed by atoms with Crippen molar-refractivity contribution in [2.24, 2.45) is 0 Å². The molecule has 28 heavy (non-hydrogen) atoms. The van der Waals surface area contributed by atoms with E-state index in [9.17, 15) is 15.0 Å². The lowest BCUT2D eigenvalue weighted by Gasteiger charge is -2.13. The highest BCUT2D eigenvalue weighted by atomic mass is 16.5. The summed E-state index contributed by atoms with van der Waals surface area (Å²) in [4.78, 5) is 16.4. The van der Waals surface area contributed by atoms with Crippen LogP contribution in [0, 0.1) is 0 Å². The zero-order valence-electron chi connectivity index (χ0n) is 15.5. The maximum Gasteiger partial charge on any atom is 0.353 e. The van der Waals surface area contributed by atoms with Crippen LogP contribution in [0.25, 0.3) is 28.5 Å². The van der Waals surface area contributed by atoms with Crippen molar-refractivity contribution >= 4 is 17.2 Å². The first kappa shape index (κ1) is 18.6. The van der Waals surface area contributed by atoms with Crippen LogP contribution in [0.2, 0.25) is 0 Å². The number of ether oxygens (including phenoxy) is 1. The van der Waals surface area contributed by atoms with E-state index in [2.05, 4.69) is 24.1 Å². The molecule has 1 aromatic carbocycles. The summed E-state index contributed by atoms with van der Waals surface area (Å²) in [6.45, 7) is 1.78. The van der Waals surface area contributed by atoms with Crippen molar-refractivity contribution in [2.75, 3.05) is 6.61 Å². The number of fused-ring (bicyclic) bond motifs is 1. The fourth-order valence-electron chi connectivity index (χ4n) is 3.34. The average molecular weight is 382 g/mol. The lowest BCUT2D eigenvalue weighted by molar-refractivity contribution is -0.0457. The van der Waals surface area contributed by atoms with Crippen LogP contribution in [0.15, 0.2) is 51.8 Å². The Morgan fingerprint density at radius 2 is 2.11 bits per heavy atom. The van der Waals surface area contributed by atoms with Crippen LogP contribution in [0.1, 0.15) is 31.6 Å². The van der Waals surface area contributed by atoms with Gasteiger partial charge in [-0.1, -0.05) is 43.3 Å². The van der Waals surface area contributed by atoms with Gasteiger partial charge in [0.1, 0.15) is 18.1 Å². The smallest absolute Gasteiger partial charge is 0.353 e. The van der Waals surface area contributed by atoms with Gasteiger partial charge in [-0.15, -0.1) is 0 Å². The van der Waals surface area contributed by atoms with Gasteiger partial charge in [-0.25, -0.2) is 4.79 Å². The summed E-state index contributed by atoms with van der Waals surface area (Å²) < 4.78 is 12.7. The quantitative estimate of drug-likeness (QED) is 0.704. The molecule has 7 nitrogen and oxygen atoms in total. The van der Waals surface area contributed by atoms with Gasteiger partial charge in [-0.2, -0.15) is 4.98 Å². The van der Waals surface area contributed by atoms with Crippen molar-refractivity contribution in [3.63, 3.8) is 0 Å². The van der Waals surface area contributed by atoms with E-state index in [0.29, 0.717) is 11.1 Å². The largest absolute Gasteiger partial charge is 0.437 e. The number of hydrogen-bond acceptors (Lipinski definition) is 6. The summed E-state index contributed by atoms with van der Waals surface area (Å²) in [7, 11) is 0. The topological polar surface area (TPSA) is 97.7 Å². The Morgan fingerprint density at radius 3 is 2.79 bits per heavy atom. The molecule has 1 fully saturated rings. The van der Waals surface area contributed by atoms with Gasteiger partial charge in [0.05, 0.1) is 18.1 Å². The minimum Gasteiger partial charge on any atom is -0.437 e. The number of benzene rings is 1. The summed E-state index contributed by atoms with van der Waals surface area (Å²) in [5.41, 5.74) is 1.72. The number of aliphatic hydroxyl groups excluding tert-OH is 2. The molecule has 3 atom stereocenters. The number of furan rings is 1. The number of hydrogen-bond donors (Lipinski definition) is 2. The number of allylic oxidation sites excluding steroid dienone is 1. The molecule has 4 rings (SSSR count). The summed E-state index contributed by atoms with van der Waals surface area (Å²) in [5, 5.41) is 19.8. The molecule has 3 aromatic rings. The second kappa shape index (κ2) is 7.71. The highest BCUT2D eigenvalue weighted by molar-refractivity contribution is 5.79. The van der Waals surface area contributed by atoms with Gasteiger partial charge in [0, 0.05) is 18.2 Å².